The molecule has 0 atom stereocenters. The van der Waals surface area contributed by atoms with Crippen molar-refractivity contribution in [3.05, 3.63) is 51.4 Å². The molecule has 202 valence electrons. The molecule has 0 unspecified atom stereocenters. The van der Waals surface area contributed by atoms with E-state index < -0.39 is 12.1 Å². The number of amides is 1. The van der Waals surface area contributed by atoms with Gasteiger partial charge in [0.2, 0.25) is 0 Å². The molecule has 0 radical (unpaired) electrons. The lowest BCUT2D eigenvalue weighted by Gasteiger charge is -2.33. The number of piperidine rings is 1. The molecular weight excluding hydrogens is 525 g/mol. The van der Waals surface area contributed by atoms with Crippen molar-refractivity contribution in [2.75, 3.05) is 19.3 Å². The molecule has 6 nitrogen and oxygen atoms in total. The number of nitrogens with zero attached hydrogens (tertiary/aromatic N) is 1. The molecule has 0 spiro atoms. The largest absolute Gasteiger partial charge is 0.490 e. The molecule has 1 aromatic carbocycles. The Kier molecular flexibility index (Phi) is 9.13. The van der Waals surface area contributed by atoms with Crippen molar-refractivity contribution in [1.29, 1.82) is 0 Å². The zero-order chi connectivity index (χ0) is 27.5. The Hall–Kier alpha value is -2.37. The van der Waals surface area contributed by atoms with E-state index in [4.69, 9.17) is 15.6 Å². The number of carboxylic acids is 1. The molecule has 37 heavy (non-hydrogen) atoms. The minimum absolute atomic E-state index is 0.0864. The Bertz CT molecular complexity index is 1170. The van der Waals surface area contributed by atoms with E-state index in [1.807, 2.05) is 11.2 Å². The first kappa shape index (κ1) is 29.2. The van der Waals surface area contributed by atoms with Gasteiger partial charge in [-0.3, -0.25) is 9.59 Å². The fourth-order valence-corrected chi connectivity index (χ4v) is 6.87. The molecule has 4 rings (SSSR count). The van der Waals surface area contributed by atoms with Gasteiger partial charge in [-0.2, -0.15) is 13.2 Å². The third-order valence-corrected chi connectivity index (χ3v) is 8.95. The molecule has 1 saturated heterocycles. The molecule has 3 N–H and O–H groups in total. The number of carbonyl (C=O) groups excluding carboxylic acids is 2. The van der Waals surface area contributed by atoms with Crippen molar-refractivity contribution >= 4 is 40.8 Å². The van der Waals surface area contributed by atoms with Crippen molar-refractivity contribution < 1.29 is 32.7 Å². The number of Topliss-reactive ketones (excluding diaryl/α,β-unsaturated/α-hetero) is 1. The molecule has 1 aliphatic heterocycles. The van der Waals surface area contributed by atoms with Crippen LogP contribution < -0.4 is 5.73 Å². The van der Waals surface area contributed by atoms with Gasteiger partial charge in [0.25, 0.3) is 5.91 Å². The van der Waals surface area contributed by atoms with Crippen LogP contribution in [0.3, 0.4) is 0 Å². The van der Waals surface area contributed by atoms with Gasteiger partial charge in [-0.05, 0) is 53.5 Å². The number of hydrogen-bond donors (Lipinski definition) is 2. The quantitative estimate of drug-likeness (QED) is 0.466. The zero-order valence-electron chi connectivity index (χ0n) is 21.0. The van der Waals surface area contributed by atoms with Crippen molar-refractivity contribution in [2.45, 2.75) is 62.4 Å². The van der Waals surface area contributed by atoms with Crippen molar-refractivity contribution in [1.82, 2.24) is 4.90 Å². The van der Waals surface area contributed by atoms with Crippen LogP contribution in [0, 0.1) is 5.41 Å². The molecule has 2 aliphatic rings. The monoisotopic (exact) mass is 556 g/mol. The summed E-state index contributed by atoms with van der Waals surface area (Å²) >= 11 is 3.11. The maximum absolute atomic E-state index is 13.5. The van der Waals surface area contributed by atoms with Crippen LogP contribution >= 0.6 is 23.1 Å². The van der Waals surface area contributed by atoms with Gasteiger partial charge in [0, 0.05) is 31.6 Å². The summed E-state index contributed by atoms with van der Waals surface area (Å²) in [5.74, 6) is -1.98. The molecule has 0 bridgehead atoms. The van der Waals surface area contributed by atoms with Crippen LogP contribution in [-0.2, 0) is 17.8 Å². The number of likely N-dealkylation sites (tertiary alicyclic amines) is 1. The molecular formula is C26H31F3N2O4S2. The van der Waals surface area contributed by atoms with Gasteiger partial charge in [0.1, 0.15) is 0 Å². The number of thioether (sulfide) groups is 1. The number of rotatable bonds is 4. The molecule has 1 fully saturated rings. The number of halogens is 3. The van der Waals surface area contributed by atoms with Crippen LogP contribution in [-0.4, -0.2) is 53.2 Å². The summed E-state index contributed by atoms with van der Waals surface area (Å²) in [5.41, 5.74) is 10.0. The summed E-state index contributed by atoms with van der Waals surface area (Å²) in [6.07, 6.45) is 0.203. The second-order valence-corrected chi connectivity index (χ2v) is 12.1. The second kappa shape index (κ2) is 11.6. The van der Waals surface area contributed by atoms with E-state index in [9.17, 15) is 22.8 Å². The fraction of sp³-hybridized carbons (Fsp3) is 0.500. The Morgan fingerprint density at radius 3 is 2.38 bits per heavy atom. The lowest BCUT2D eigenvalue weighted by atomic mass is 9.74. The van der Waals surface area contributed by atoms with Crippen molar-refractivity contribution in [3.63, 3.8) is 0 Å². The van der Waals surface area contributed by atoms with E-state index in [2.05, 4.69) is 38.1 Å². The summed E-state index contributed by atoms with van der Waals surface area (Å²) in [5, 5.41) is 7.12. The highest BCUT2D eigenvalue weighted by molar-refractivity contribution is 8.00. The number of carbonyl (C=O) groups is 3. The maximum atomic E-state index is 13.5. The SMILES string of the molecule is CSc1sc(C(=O)N2CCC(c3cccc(CN)c3)CC2)c2c1C(=O)CC(C)(C)C2.O=C(O)C(F)(F)F. The molecule has 2 aromatic rings. The number of hydrogen-bond acceptors (Lipinski definition) is 6. The first-order chi connectivity index (χ1) is 17.3. The normalized spacial score (nSPS) is 17.6. The van der Waals surface area contributed by atoms with Crippen LogP contribution in [0.5, 0.6) is 0 Å². The summed E-state index contributed by atoms with van der Waals surface area (Å²) in [6, 6.07) is 8.52. The van der Waals surface area contributed by atoms with E-state index in [0.29, 0.717) is 18.9 Å². The number of ketones is 1. The zero-order valence-corrected chi connectivity index (χ0v) is 22.6. The Balaban J connectivity index is 0.000000479. The van der Waals surface area contributed by atoms with Crippen LogP contribution in [0.25, 0.3) is 0 Å². The van der Waals surface area contributed by atoms with Gasteiger partial charge < -0.3 is 15.7 Å². The summed E-state index contributed by atoms with van der Waals surface area (Å²) < 4.78 is 32.7. The van der Waals surface area contributed by atoms with E-state index in [0.717, 1.165) is 58.1 Å². The Morgan fingerprint density at radius 2 is 1.84 bits per heavy atom. The van der Waals surface area contributed by atoms with Gasteiger partial charge in [0.05, 0.1) is 9.09 Å². The van der Waals surface area contributed by atoms with Gasteiger partial charge in [-0.15, -0.1) is 23.1 Å². The smallest absolute Gasteiger partial charge is 0.475 e. The number of benzene rings is 1. The first-order valence-electron chi connectivity index (χ1n) is 11.9. The van der Waals surface area contributed by atoms with Crippen molar-refractivity contribution in [2.24, 2.45) is 11.1 Å². The summed E-state index contributed by atoms with van der Waals surface area (Å²) in [4.78, 5) is 37.9. The van der Waals surface area contributed by atoms with E-state index in [-0.39, 0.29) is 17.1 Å². The Morgan fingerprint density at radius 1 is 1.22 bits per heavy atom. The highest BCUT2D eigenvalue weighted by Crippen LogP contribution is 2.45. The van der Waals surface area contributed by atoms with E-state index in [1.165, 1.54) is 16.9 Å². The third-order valence-electron chi connectivity index (χ3n) is 6.61. The minimum Gasteiger partial charge on any atom is -0.475 e. The lowest BCUT2D eigenvalue weighted by molar-refractivity contribution is -0.192. The summed E-state index contributed by atoms with van der Waals surface area (Å²) in [7, 11) is 0. The van der Waals surface area contributed by atoms with Crippen LogP contribution in [0.2, 0.25) is 0 Å². The van der Waals surface area contributed by atoms with Gasteiger partial charge >= 0.3 is 12.1 Å². The predicted molar refractivity (Wildman–Crippen MR) is 138 cm³/mol. The average Bonchev–Trinajstić information content (AvgIpc) is 3.21. The Labute approximate surface area is 222 Å². The van der Waals surface area contributed by atoms with Crippen molar-refractivity contribution in [3.8, 4) is 0 Å². The van der Waals surface area contributed by atoms with Gasteiger partial charge in [-0.1, -0.05) is 38.1 Å². The highest BCUT2D eigenvalue weighted by Gasteiger charge is 2.39. The number of thiophene rings is 1. The standard InChI is InChI=1S/C24H30N2O2S2.C2HF3O2/c1-24(2)12-18-20(19(27)13-24)23(29-3)30-21(18)22(28)26-9-7-16(8-10-26)17-6-4-5-15(11-17)14-25;3-2(4,5)1(6)7/h4-6,11,16H,7-10,12-14,25H2,1-3H3;(H,6,7). The first-order valence-corrected chi connectivity index (χ1v) is 13.9. The average molecular weight is 557 g/mol. The maximum Gasteiger partial charge on any atom is 0.490 e. The number of carboxylic acid groups (broad SMARTS) is 1. The number of nitrogens with two attached hydrogens (primary N) is 1. The summed E-state index contributed by atoms with van der Waals surface area (Å²) in [6.45, 7) is 6.32. The van der Waals surface area contributed by atoms with Gasteiger partial charge in [-0.25, -0.2) is 4.79 Å². The fourth-order valence-electron chi connectivity index (χ4n) is 4.81. The molecule has 0 saturated carbocycles. The van der Waals surface area contributed by atoms with Crippen LogP contribution in [0.4, 0.5) is 13.2 Å². The highest BCUT2D eigenvalue weighted by atomic mass is 32.2. The van der Waals surface area contributed by atoms with E-state index >= 15 is 0 Å². The number of aliphatic carboxylic acids is 1. The van der Waals surface area contributed by atoms with Crippen LogP contribution in [0.1, 0.15) is 75.7 Å². The lowest BCUT2D eigenvalue weighted by Crippen LogP contribution is -2.38. The number of alkyl halides is 3. The topological polar surface area (TPSA) is 101 Å². The second-order valence-electron chi connectivity index (χ2n) is 10.0. The third kappa shape index (κ3) is 6.94. The molecule has 1 aliphatic carbocycles. The number of fused-ring (bicyclic) bond motifs is 1. The van der Waals surface area contributed by atoms with Gasteiger partial charge in [0.15, 0.2) is 5.78 Å². The predicted octanol–water partition coefficient (Wildman–Crippen LogP) is 5.74. The molecule has 1 amide bonds. The minimum atomic E-state index is -5.08. The molecule has 1 aromatic heterocycles. The van der Waals surface area contributed by atoms with Crippen LogP contribution in [0.15, 0.2) is 28.5 Å². The molecule has 11 heteroatoms. The molecule has 2 heterocycles. The van der Waals surface area contributed by atoms with E-state index in [1.54, 1.807) is 11.8 Å².